The van der Waals surface area contributed by atoms with Crippen LogP contribution >= 0.6 is 11.3 Å². The molecule has 2 atom stereocenters. The Morgan fingerprint density at radius 3 is 2.96 bits per heavy atom. The van der Waals surface area contributed by atoms with E-state index in [9.17, 15) is 4.79 Å². The van der Waals surface area contributed by atoms with Crippen molar-refractivity contribution in [1.82, 2.24) is 10.3 Å². The maximum Gasteiger partial charge on any atom is 0.263 e. The molecule has 1 saturated heterocycles. The number of ether oxygens (including phenoxy) is 2. The Morgan fingerprint density at radius 1 is 1.46 bits per heavy atom. The molecule has 6 heteroatoms. The molecule has 0 aliphatic carbocycles. The van der Waals surface area contributed by atoms with Crippen molar-refractivity contribution in [3.63, 3.8) is 0 Å². The number of hydrogen-bond donors (Lipinski definition) is 1. The Labute approximate surface area is 146 Å². The number of amides is 1. The lowest BCUT2D eigenvalue weighted by atomic mass is 10.2. The van der Waals surface area contributed by atoms with E-state index in [1.807, 2.05) is 38.1 Å². The van der Waals surface area contributed by atoms with Gasteiger partial charge in [-0.15, -0.1) is 11.3 Å². The van der Waals surface area contributed by atoms with Crippen LogP contribution < -0.4 is 10.1 Å². The van der Waals surface area contributed by atoms with E-state index in [1.165, 1.54) is 16.9 Å². The van der Waals surface area contributed by atoms with Gasteiger partial charge in [0.1, 0.15) is 28.3 Å². The molecule has 24 heavy (non-hydrogen) atoms. The molecule has 1 aliphatic rings. The molecule has 0 saturated carbocycles. The van der Waals surface area contributed by atoms with Gasteiger partial charge >= 0.3 is 0 Å². The Morgan fingerprint density at radius 2 is 2.25 bits per heavy atom. The highest BCUT2D eigenvalue weighted by Gasteiger charge is 2.22. The van der Waals surface area contributed by atoms with Crippen molar-refractivity contribution in [2.45, 2.75) is 38.8 Å². The molecule has 128 valence electrons. The smallest absolute Gasteiger partial charge is 0.263 e. The zero-order valence-corrected chi connectivity index (χ0v) is 14.8. The minimum atomic E-state index is -0.114. The predicted octanol–water partition coefficient (Wildman–Crippen LogP) is 3.50. The summed E-state index contributed by atoms with van der Waals surface area (Å²) in [4.78, 5) is 17.2. The van der Waals surface area contributed by atoms with E-state index < -0.39 is 0 Å². The predicted molar refractivity (Wildman–Crippen MR) is 93.6 cm³/mol. The highest BCUT2D eigenvalue weighted by molar-refractivity contribution is 7.13. The highest BCUT2D eigenvalue weighted by Crippen LogP contribution is 2.31. The number of aryl methyl sites for hydroxylation is 1. The average molecular weight is 346 g/mol. The molecule has 0 spiro atoms. The summed E-state index contributed by atoms with van der Waals surface area (Å²) in [6.07, 6.45) is 3.72. The first-order chi connectivity index (χ1) is 11.6. The van der Waals surface area contributed by atoms with Crippen molar-refractivity contribution in [2.24, 2.45) is 0 Å². The minimum absolute atomic E-state index is 0.0545. The summed E-state index contributed by atoms with van der Waals surface area (Å²) in [6.45, 7) is 5.16. The second kappa shape index (κ2) is 7.77. The Hall–Kier alpha value is -1.92. The van der Waals surface area contributed by atoms with Crippen LogP contribution in [0.2, 0.25) is 0 Å². The molecule has 0 unspecified atom stereocenters. The number of nitrogens with zero attached hydrogens (tertiary/aromatic N) is 1. The van der Waals surface area contributed by atoms with Gasteiger partial charge in [0.05, 0.1) is 12.2 Å². The number of benzene rings is 1. The third-order valence-electron chi connectivity index (χ3n) is 3.85. The van der Waals surface area contributed by atoms with Crippen molar-refractivity contribution >= 4 is 17.2 Å². The standard InChI is InChI=1S/C18H22N2O3S/c1-12-5-7-14(8-6-12)23-11-13(2)20-17(21)16-10-19-18(24-16)15-4-3-9-22-15/h5-8,10,13,15H,3-4,9,11H2,1-2H3,(H,20,21)/t13-,15-/m1/s1. The number of nitrogens with one attached hydrogen (secondary N) is 1. The van der Waals surface area contributed by atoms with Crippen LogP contribution in [-0.2, 0) is 4.74 Å². The highest BCUT2D eigenvalue weighted by atomic mass is 32.1. The molecule has 0 bridgehead atoms. The van der Waals surface area contributed by atoms with Crippen molar-refractivity contribution in [3.05, 3.63) is 45.9 Å². The molecular weight excluding hydrogens is 324 g/mol. The molecule has 1 N–H and O–H groups in total. The Kier molecular flexibility index (Phi) is 5.48. The van der Waals surface area contributed by atoms with Gasteiger partial charge in [-0.1, -0.05) is 17.7 Å². The number of hydrogen-bond acceptors (Lipinski definition) is 5. The molecule has 1 aliphatic heterocycles. The van der Waals surface area contributed by atoms with Crippen LogP contribution in [0.5, 0.6) is 5.75 Å². The average Bonchev–Trinajstić information content (AvgIpc) is 3.25. The van der Waals surface area contributed by atoms with E-state index in [0.29, 0.717) is 11.5 Å². The van der Waals surface area contributed by atoms with Crippen LogP contribution in [0.4, 0.5) is 0 Å². The number of carbonyl (C=O) groups is 1. The first kappa shape index (κ1) is 16.9. The molecule has 3 rings (SSSR count). The van der Waals surface area contributed by atoms with Gasteiger partial charge in [0, 0.05) is 6.61 Å². The van der Waals surface area contributed by atoms with Crippen molar-refractivity contribution in [1.29, 1.82) is 0 Å². The molecule has 2 aromatic rings. The van der Waals surface area contributed by atoms with Gasteiger partial charge < -0.3 is 14.8 Å². The fourth-order valence-corrected chi connectivity index (χ4v) is 3.41. The largest absolute Gasteiger partial charge is 0.491 e. The van der Waals surface area contributed by atoms with Gasteiger partial charge in [-0.3, -0.25) is 4.79 Å². The summed E-state index contributed by atoms with van der Waals surface area (Å²) in [6, 6.07) is 7.78. The lowest BCUT2D eigenvalue weighted by molar-refractivity contribution is 0.0930. The molecule has 1 fully saturated rings. The summed E-state index contributed by atoms with van der Waals surface area (Å²) < 4.78 is 11.3. The molecule has 2 heterocycles. The van der Waals surface area contributed by atoms with Crippen molar-refractivity contribution in [2.75, 3.05) is 13.2 Å². The first-order valence-corrected chi connectivity index (χ1v) is 9.01. The molecule has 0 radical (unpaired) electrons. The number of carbonyl (C=O) groups excluding carboxylic acids is 1. The van der Waals surface area contributed by atoms with E-state index in [0.717, 1.165) is 30.2 Å². The zero-order valence-electron chi connectivity index (χ0n) is 14.0. The van der Waals surface area contributed by atoms with E-state index in [1.54, 1.807) is 6.20 Å². The summed E-state index contributed by atoms with van der Waals surface area (Å²) in [5.41, 5.74) is 1.19. The Balaban J connectivity index is 1.49. The van der Waals surface area contributed by atoms with E-state index in [-0.39, 0.29) is 18.1 Å². The summed E-state index contributed by atoms with van der Waals surface area (Å²) in [5.74, 6) is 0.692. The lowest BCUT2D eigenvalue weighted by Gasteiger charge is -2.14. The molecule has 1 amide bonds. The van der Waals surface area contributed by atoms with Crippen molar-refractivity contribution in [3.8, 4) is 5.75 Å². The summed E-state index contributed by atoms with van der Waals surface area (Å²) in [5, 5.41) is 3.84. The summed E-state index contributed by atoms with van der Waals surface area (Å²) in [7, 11) is 0. The Bertz CT molecular complexity index is 678. The second-order valence-electron chi connectivity index (χ2n) is 6.06. The van der Waals surface area contributed by atoms with Gasteiger partial charge in [0.15, 0.2) is 0 Å². The maximum absolute atomic E-state index is 12.3. The number of aromatic nitrogens is 1. The van der Waals surface area contributed by atoms with Gasteiger partial charge in [0.2, 0.25) is 0 Å². The lowest BCUT2D eigenvalue weighted by Crippen LogP contribution is -2.36. The van der Waals surface area contributed by atoms with Crippen LogP contribution in [0.1, 0.15) is 46.1 Å². The third-order valence-corrected chi connectivity index (χ3v) is 4.94. The van der Waals surface area contributed by atoms with Gasteiger partial charge in [-0.05, 0) is 38.8 Å². The van der Waals surface area contributed by atoms with Gasteiger partial charge in [-0.2, -0.15) is 0 Å². The van der Waals surface area contributed by atoms with Crippen LogP contribution in [0.3, 0.4) is 0 Å². The van der Waals surface area contributed by atoms with Crippen LogP contribution in [0.25, 0.3) is 0 Å². The van der Waals surface area contributed by atoms with E-state index in [4.69, 9.17) is 9.47 Å². The third kappa shape index (κ3) is 4.33. The molecule has 1 aromatic carbocycles. The monoisotopic (exact) mass is 346 g/mol. The maximum atomic E-state index is 12.3. The van der Waals surface area contributed by atoms with E-state index in [2.05, 4.69) is 10.3 Å². The summed E-state index contributed by atoms with van der Waals surface area (Å²) >= 11 is 1.41. The molecule has 5 nitrogen and oxygen atoms in total. The van der Waals surface area contributed by atoms with Crippen molar-refractivity contribution < 1.29 is 14.3 Å². The number of rotatable bonds is 6. The fraction of sp³-hybridized carbons (Fsp3) is 0.444. The SMILES string of the molecule is Cc1ccc(OC[C@@H](C)NC(=O)c2cnc([C@H]3CCCO3)s2)cc1. The van der Waals surface area contributed by atoms with Crippen LogP contribution in [0, 0.1) is 6.92 Å². The normalized spacial score (nSPS) is 18.3. The van der Waals surface area contributed by atoms with Gasteiger partial charge in [-0.25, -0.2) is 4.98 Å². The van der Waals surface area contributed by atoms with Gasteiger partial charge in [0.25, 0.3) is 5.91 Å². The van der Waals surface area contributed by atoms with Crippen LogP contribution in [-0.4, -0.2) is 30.1 Å². The first-order valence-electron chi connectivity index (χ1n) is 8.19. The molecular formula is C18H22N2O3S. The van der Waals surface area contributed by atoms with Crippen LogP contribution in [0.15, 0.2) is 30.5 Å². The fourth-order valence-electron chi connectivity index (χ4n) is 2.51. The zero-order chi connectivity index (χ0) is 16.9. The second-order valence-corrected chi connectivity index (χ2v) is 7.13. The molecule has 1 aromatic heterocycles. The quantitative estimate of drug-likeness (QED) is 0.870. The minimum Gasteiger partial charge on any atom is -0.491 e. The topological polar surface area (TPSA) is 60.5 Å². The number of thiazole rings is 1. The van der Waals surface area contributed by atoms with E-state index >= 15 is 0 Å².